The molecule has 0 bridgehead atoms. The van der Waals surface area contributed by atoms with Gasteiger partial charge in [-0.05, 0) is 51.2 Å². The molecule has 0 radical (unpaired) electrons. The lowest BCUT2D eigenvalue weighted by Gasteiger charge is -2.30. The number of piperidine rings is 1. The van der Waals surface area contributed by atoms with E-state index in [1.54, 1.807) is 0 Å². The van der Waals surface area contributed by atoms with Crippen molar-refractivity contribution in [2.75, 3.05) is 46.3 Å². The normalized spacial score (nSPS) is 22.4. The fourth-order valence-corrected chi connectivity index (χ4v) is 3.63. The second kappa shape index (κ2) is 12.0. The van der Waals surface area contributed by atoms with Crippen LogP contribution >= 0.6 is 24.0 Å². The van der Waals surface area contributed by atoms with Crippen LogP contribution in [0.4, 0.5) is 0 Å². The summed E-state index contributed by atoms with van der Waals surface area (Å²) in [5.41, 5.74) is 0. The largest absolute Gasteiger partial charge is 0.356 e. The van der Waals surface area contributed by atoms with Gasteiger partial charge in [0, 0.05) is 38.6 Å². The fraction of sp³-hybridized carbons (Fsp3) is 0.895. The van der Waals surface area contributed by atoms with Gasteiger partial charge in [-0.15, -0.1) is 24.0 Å². The van der Waals surface area contributed by atoms with Crippen molar-refractivity contribution >= 4 is 35.8 Å². The third kappa shape index (κ3) is 7.58. The number of nitrogens with one attached hydrogen (secondary N) is 2. The van der Waals surface area contributed by atoms with Crippen LogP contribution in [0.5, 0.6) is 0 Å². The zero-order chi connectivity index (χ0) is 18.2. The number of rotatable bonds is 6. The highest BCUT2D eigenvalue weighted by molar-refractivity contribution is 14.0. The van der Waals surface area contributed by atoms with Gasteiger partial charge in [-0.3, -0.25) is 9.79 Å². The van der Waals surface area contributed by atoms with Crippen LogP contribution in [0.25, 0.3) is 0 Å². The lowest BCUT2D eigenvalue weighted by Crippen LogP contribution is -2.46. The molecule has 0 aromatic heterocycles. The molecule has 1 atom stereocenters. The van der Waals surface area contributed by atoms with Crippen LogP contribution in [0.2, 0.25) is 0 Å². The number of aliphatic imine (C=N–C) groups is 1. The maximum absolute atomic E-state index is 12.1. The molecule has 2 aliphatic rings. The number of hydrogen-bond acceptors (Lipinski definition) is 3. The highest BCUT2D eigenvalue weighted by Gasteiger charge is 2.27. The van der Waals surface area contributed by atoms with Gasteiger partial charge < -0.3 is 20.4 Å². The molecule has 0 aromatic rings. The van der Waals surface area contributed by atoms with Crippen molar-refractivity contribution in [1.29, 1.82) is 0 Å². The van der Waals surface area contributed by atoms with Gasteiger partial charge in [0.2, 0.25) is 5.91 Å². The Kier molecular flexibility index (Phi) is 10.8. The Balaban J connectivity index is 0.00000338. The van der Waals surface area contributed by atoms with Gasteiger partial charge in [0.05, 0.1) is 0 Å². The smallest absolute Gasteiger partial charge is 0.225 e. The maximum Gasteiger partial charge on any atom is 0.225 e. The third-order valence-corrected chi connectivity index (χ3v) is 5.38. The van der Waals surface area contributed by atoms with Crippen molar-refractivity contribution in [3.63, 3.8) is 0 Å². The average Bonchev–Trinajstić information content (AvgIpc) is 3.06. The summed E-state index contributed by atoms with van der Waals surface area (Å²) in [5, 5.41) is 6.89. The zero-order valence-electron chi connectivity index (χ0n) is 17.0. The maximum atomic E-state index is 12.1. The van der Waals surface area contributed by atoms with Gasteiger partial charge in [-0.2, -0.15) is 0 Å². The molecule has 2 N–H and O–H groups in total. The van der Waals surface area contributed by atoms with E-state index >= 15 is 0 Å². The number of halogens is 1. The predicted molar refractivity (Wildman–Crippen MR) is 119 cm³/mol. The van der Waals surface area contributed by atoms with Gasteiger partial charge in [0.1, 0.15) is 0 Å². The summed E-state index contributed by atoms with van der Waals surface area (Å²) in [6.45, 7) is 12.5. The van der Waals surface area contributed by atoms with Crippen molar-refractivity contribution < 1.29 is 4.79 Å². The number of nitrogens with zero attached hydrogens (tertiary/aromatic N) is 3. The standard InChI is InChI=1S/C19H37N5O.HI/c1-15(2)18(25)24-13-8-17(14-24)22-19(20-4)21-9-5-10-23-11-6-16(3)7-12-23;/h15-17H,5-14H2,1-4H3,(H2,20,21,22);1H. The Labute approximate surface area is 176 Å². The van der Waals surface area contributed by atoms with Crippen molar-refractivity contribution in [3.8, 4) is 0 Å². The third-order valence-electron chi connectivity index (χ3n) is 5.38. The topological polar surface area (TPSA) is 60.0 Å². The van der Waals surface area contributed by atoms with E-state index < -0.39 is 0 Å². The number of carbonyl (C=O) groups excluding carboxylic acids is 1. The molecular weight excluding hydrogens is 441 g/mol. The first kappa shape index (κ1) is 23.5. The molecule has 1 amide bonds. The van der Waals surface area contributed by atoms with E-state index in [1.165, 1.54) is 25.9 Å². The van der Waals surface area contributed by atoms with Crippen molar-refractivity contribution in [1.82, 2.24) is 20.4 Å². The summed E-state index contributed by atoms with van der Waals surface area (Å²) in [6, 6.07) is 0.303. The van der Waals surface area contributed by atoms with Crippen molar-refractivity contribution in [3.05, 3.63) is 0 Å². The van der Waals surface area contributed by atoms with Crippen LogP contribution in [0.3, 0.4) is 0 Å². The molecule has 7 heteroatoms. The van der Waals surface area contributed by atoms with E-state index in [0.717, 1.165) is 50.9 Å². The highest BCUT2D eigenvalue weighted by atomic mass is 127. The summed E-state index contributed by atoms with van der Waals surface area (Å²) < 4.78 is 0. The van der Waals surface area contributed by atoms with Gasteiger partial charge in [0.25, 0.3) is 0 Å². The summed E-state index contributed by atoms with van der Waals surface area (Å²) in [7, 11) is 1.81. The van der Waals surface area contributed by atoms with Crippen LogP contribution in [-0.2, 0) is 4.79 Å². The van der Waals surface area contributed by atoms with E-state index in [9.17, 15) is 4.79 Å². The van der Waals surface area contributed by atoms with E-state index in [2.05, 4.69) is 27.4 Å². The van der Waals surface area contributed by atoms with Crippen LogP contribution in [0.1, 0.15) is 46.5 Å². The minimum Gasteiger partial charge on any atom is -0.356 e. The van der Waals surface area contributed by atoms with E-state index in [0.29, 0.717) is 6.04 Å². The van der Waals surface area contributed by atoms with Gasteiger partial charge in [-0.1, -0.05) is 20.8 Å². The van der Waals surface area contributed by atoms with E-state index in [-0.39, 0.29) is 35.8 Å². The Morgan fingerprint density at radius 1 is 1.19 bits per heavy atom. The molecule has 0 spiro atoms. The lowest BCUT2D eigenvalue weighted by atomic mass is 9.99. The van der Waals surface area contributed by atoms with Crippen molar-refractivity contribution in [2.45, 2.75) is 52.5 Å². The van der Waals surface area contributed by atoms with E-state index in [1.807, 2.05) is 25.8 Å². The summed E-state index contributed by atoms with van der Waals surface area (Å²) in [5.74, 6) is 2.08. The summed E-state index contributed by atoms with van der Waals surface area (Å²) in [4.78, 5) is 20.9. The van der Waals surface area contributed by atoms with Gasteiger partial charge in [-0.25, -0.2) is 0 Å². The molecule has 26 heavy (non-hydrogen) atoms. The molecular formula is C19H38IN5O. The lowest BCUT2D eigenvalue weighted by molar-refractivity contribution is -0.133. The predicted octanol–water partition coefficient (Wildman–Crippen LogP) is 2.15. The Hall–Kier alpha value is -0.570. The minimum absolute atomic E-state index is 0. The second-order valence-electron chi connectivity index (χ2n) is 7.95. The van der Waals surface area contributed by atoms with Crippen LogP contribution in [0, 0.1) is 11.8 Å². The first-order valence-electron chi connectivity index (χ1n) is 9.98. The van der Waals surface area contributed by atoms with Gasteiger partial charge in [0.15, 0.2) is 5.96 Å². The summed E-state index contributed by atoms with van der Waals surface area (Å²) in [6.07, 6.45) is 4.80. The molecule has 0 saturated carbocycles. The number of hydrogen-bond donors (Lipinski definition) is 2. The Morgan fingerprint density at radius 3 is 2.50 bits per heavy atom. The number of likely N-dealkylation sites (tertiary alicyclic amines) is 2. The minimum atomic E-state index is 0. The average molecular weight is 479 g/mol. The molecule has 2 fully saturated rings. The number of carbonyl (C=O) groups is 1. The Bertz CT molecular complexity index is 449. The van der Waals surface area contributed by atoms with Crippen LogP contribution in [0.15, 0.2) is 4.99 Å². The zero-order valence-corrected chi connectivity index (χ0v) is 19.3. The van der Waals surface area contributed by atoms with Crippen molar-refractivity contribution in [2.24, 2.45) is 16.8 Å². The SMILES string of the molecule is CN=C(NCCCN1CCC(C)CC1)NC1CCN(C(=O)C(C)C)C1.I. The monoisotopic (exact) mass is 479 g/mol. The molecule has 1 unspecified atom stereocenters. The number of amides is 1. The first-order valence-corrected chi connectivity index (χ1v) is 9.98. The molecule has 6 nitrogen and oxygen atoms in total. The highest BCUT2D eigenvalue weighted by Crippen LogP contribution is 2.15. The van der Waals surface area contributed by atoms with Crippen LogP contribution in [-0.4, -0.2) is 74.0 Å². The molecule has 2 heterocycles. The quantitative estimate of drug-likeness (QED) is 0.265. The molecule has 0 aliphatic carbocycles. The molecule has 2 aliphatic heterocycles. The fourth-order valence-electron chi connectivity index (χ4n) is 3.63. The number of guanidine groups is 1. The van der Waals surface area contributed by atoms with E-state index in [4.69, 9.17) is 0 Å². The van der Waals surface area contributed by atoms with Gasteiger partial charge >= 0.3 is 0 Å². The molecule has 0 aromatic carbocycles. The van der Waals surface area contributed by atoms with Crippen LogP contribution < -0.4 is 10.6 Å². The molecule has 152 valence electrons. The second-order valence-corrected chi connectivity index (χ2v) is 7.95. The summed E-state index contributed by atoms with van der Waals surface area (Å²) >= 11 is 0. The molecule has 2 saturated heterocycles. The Morgan fingerprint density at radius 2 is 1.88 bits per heavy atom. The molecule has 2 rings (SSSR count). The first-order chi connectivity index (χ1) is 12.0.